The molecule has 0 aromatic heterocycles. The van der Waals surface area contributed by atoms with E-state index >= 15 is 0 Å². The van der Waals surface area contributed by atoms with Crippen LogP contribution < -0.4 is 5.32 Å². The van der Waals surface area contributed by atoms with Gasteiger partial charge in [0.2, 0.25) is 0 Å². The van der Waals surface area contributed by atoms with E-state index in [0.29, 0.717) is 5.92 Å². The molecule has 0 amide bonds. The van der Waals surface area contributed by atoms with E-state index in [4.69, 9.17) is 5.11 Å². The Hall–Kier alpha value is -0.830. The van der Waals surface area contributed by atoms with Crippen molar-refractivity contribution in [3.8, 4) is 0 Å². The van der Waals surface area contributed by atoms with E-state index in [1.165, 1.54) is 6.42 Å². The highest BCUT2D eigenvalue weighted by molar-refractivity contribution is 5.74. The van der Waals surface area contributed by atoms with Gasteiger partial charge in [-0.25, -0.2) is 0 Å². The van der Waals surface area contributed by atoms with Crippen LogP contribution in [-0.2, 0) is 4.79 Å². The van der Waals surface area contributed by atoms with Crippen molar-refractivity contribution in [3.63, 3.8) is 0 Å². The van der Waals surface area contributed by atoms with Crippen molar-refractivity contribution in [1.29, 1.82) is 0 Å². The summed E-state index contributed by atoms with van der Waals surface area (Å²) < 4.78 is 0. The summed E-state index contributed by atoms with van der Waals surface area (Å²) in [6.07, 6.45) is 9.78. The zero-order valence-corrected chi connectivity index (χ0v) is 8.28. The molecule has 2 aliphatic carbocycles. The lowest BCUT2D eigenvalue weighted by Crippen LogP contribution is -2.44. The second-order valence-corrected chi connectivity index (χ2v) is 4.29. The zero-order valence-electron chi connectivity index (χ0n) is 8.28. The van der Waals surface area contributed by atoms with Gasteiger partial charge in [0.15, 0.2) is 0 Å². The molecular weight excluding hydrogens is 178 g/mol. The molecule has 2 atom stereocenters. The van der Waals surface area contributed by atoms with Gasteiger partial charge in [-0.05, 0) is 38.0 Å². The molecule has 1 fully saturated rings. The first-order valence-corrected chi connectivity index (χ1v) is 5.43. The molecule has 78 valence electrons. The quantitative estimate of drug-likeness (QED) is 0.669. The highest BCUT2D eigenvalue weighted by Crippen LogP contribution is 2.33. The van der Waals surface area contributed by atoms with Crippen LogP contribution >= 0.6 is 0 Å². The van der Waals surface area contributed by atoms with Crippen molar-refractivity contribution in [2.75, 3.05) is 0 Å². The molecule has 0 heterocycles. The molecule has 0 bridgehead atoms. The summed E-state index contributed by atoms with van der Waals surface area (Å²) >= 11 is 0. The van der Waals surface area contributed by atoms with Crippen LogP contribution in [0.15, 0.2) is 12.2 Å². The first-order valence-electron chi connectivity index (χ1n) is 5.43. The van der Waals surface area contributed by atoms with Crippen LogP contribution in [-0.4, -0.2) is 23.2 Å². The van der Waals surface area contributed by atoms with Crippen LogP contribution in [0.2, 0.25) is 0 Å². The Kier molecular flexibility index (Phi) is 2.87. The third-order valence-electron chi connectivity index (χ3n) is 3.01. The fourth-order valence-corrected chi connectivity index (χ4v) is 2.02. The first kappa shape index (κ1) is 9.71. The van der Waals surface area contributed by atoms with Crippen LogP contribution in [0.1, 0.15) is 32.1 Å². The third-order valence-corrected chi connectivity index (χ3v) is 3.01. The van der Waals surface area contributed by atoms with Gasteiger partial charge in [0, 0.05) is 6.04 Å². The summed E-state index contributed by atoms with van der Waals surface area (Å²) in [6, 6.07) is -0.0341. The molecule has 0 radical (unpaired) electrons. The van der Waals surface area contributed by atoms with Crippen LogP contribution in [0.3, 0.4) is 0 Å². The van der Waals surface area contributed by atoms with Gasteiger partial charge in [-0.1, -0.05) is 12.2 Å². The number of carboxylic acid groups (broad SMARTS) is 1. The maximum absolute atomic E-state index is 11.0. The van der Waals surface area contributed by atoms with Crippen molar-refractivity contribution in [2.45, 2.75) is 44.2 Å². The summed E-state index contributed by atoms with van der Waals surface area (Å²) in [4.78, 5) is 11.0. The molecule has 3 heteroatoms. The van der Waals surface area contributed by atoms with Gasteiger partial charge in [0.05, 0.1) is 0 Å². The Balaban J connectivity index is 1.89. The minimum atomic E-state index is -0.688. The lowest BCUT2D eigenvalue weighted by molar-refractivity contribution is -0.140. The fourth-order valence-electron chi connectivity index (χ4n) is 2.02. The normalized spacial score (nSPS) is 28.7. The number of nitrogens with one attached hydrogen (secondary N) is 1. The molecule has 0 aromatic carbocycles. The van der Waals surface area contributed by atoms with Crippen molar-refractivity contribution in [3.05, 3.63) is 12.2 Å². The van der Waals surface area contributed by atoms with Crippen LogP contribution in [0.25, 0.3) is 0 Å². The first-order chi connectivity index (χ1) is 6.77. The van der Waals surface area contributed by atoms with E-state index in [9.17, 15) is 4.79 Å². The monoisotopic (exact) mass is 195 g/mol. The van der Waals surface area contributed by atoms with Gasteiger partial charge in [-0.15, -0.1) is 0 Å². The number of carboxylic acids is 1. The predicted octanol–water partition coefficient (Wildman–Crippen LogP) is 1.55. The Morgan fingerprint density at radius 2 is 2.21 bits per heavy atom. The van der Waals surface area contributed by atoms with Crippen LogP contribution in [0.4, 0.5) is 0 Å². The Morgan fingerprint density at radius 1 is 1.43 bits per heavy atom. The highest BCUT2D eigenvalue weighted by Gasteiger charge is 2.36. The van der Waals surface area contributed by atoms with Crippen molar-refractivity contribution in [1.82, 2.24) is 5.32 Å². The number of carbonyl (C=O) groups is 1. The highest BCUT2D eigenvalue weighted by atomic mass is 16.4. The second-order valence-electron chi connectivity index (χ2n) is 4.29. The topological polar surface area (TPSA) is 49.3 Å². The van der Waals surface area contributed by atoms with Gasteiger partial charge in [0.1, 0.15) is 6.04 Å². The van der Waals surface area contributed by atoms with Gasteiger partial charge >= 0.3 is 5.97 Å². The third kappa shape index (κ3) is 2.35. The summed E-state index contributed by atoms with van der Waals surface area (Å²) in [5.74, 6) is -0.311. The van der Waals surface area contributed by atoms with Crippen LogP contribution in [0.5, 0.6) is 0 Å². The SMILES string of the molecule is O=C(O)C(NC1C=CCCC1)C1CC1. The van der Waals surface area contributed by atoms with Crippen LogP contribution in [0, 0.1) is 5.92 Å². The Labute approximate surface area is 84.2 Å². The number of hydrogen-bond donors (Lipinski definition) is 2. The van der Waals surface area contributed by atoms with Gasteiger partial charge in [-0.2, -0.15) is 0 Å². The van der Waals surface area contributed by atoms with Gasteiger partial charge < -0.3 is 5.11 Å². The molecule has 0 spiro atoms. The van der Waals surface area contributed by atoms with E-state index in [-0.39, 0.29) is 12.1 Å². The van der Waals surface area contributed by atoms with E-state index in [0.717, 1.165) is 25.7 Å². The summed E-state index contributed by atoms with van der Waals surface area (Å²) in [7, 11) is 0. The van der Waals surface area contributed by atoms with Crippen molar-refractivity contribution < 1.29 is 9.90 Å². The Bertz CT molecular complexity index is 246. The molecule has 1 saturated carbocycles. The average Bonchev–Trinajstić information content (AvgIpc) is 2.99. The fraction of sp³-hybridized carbons (Fsp3) is 0.727. The maximum Gasteiger partial charge on any atom is 0.320 e. The minimum Gasteiger partial charge on any atom is -0.480 e. The molecule has 2 N–H and O–H groups in total. The molecule has 2 aliphatic rings. The number of hydrogen-bond acceptors (Lipinski definition) is 2. The molecule has 2 rings (SSSR count). The van der Waals surface area contributed by atoms with Crippen molar-refractivity contribution in [2.24, 2.45) is 5.92 Å². The smallest absolute Gasteiger partial charge is 0.320 e. The summed E-state index contributed by atoms with van der Waals surface area (Å²) in [6.45, 7) is 0. The molecule has 2 unspecified atom stereocenters. The largest absolute Gasteiger partial charge is 0.480 e. The van der Waals surface area contributed by atoms with Gasteiger partial charge in [-0.3, -0.25) is 10.1 Å². The second kappa shape index (κ2) is 4.13. The molecule has 0 saturated heterocycles. The van der Waals surface area contributed by atoms with E-state index in [1.54, 1.807) is 0 Å². The minimum absolute atomic E-state index is 0.283. The van der Waals surface area contributed by atoms with E-state index in [2.05, 4.69) is 17.5 Å². The Morgan fingerprint density at radius 3 is 2.71 bits per heavy atom. The number of aliphatic carboxylic acids is 1. The number of rotatable bonds is 4. The van der Waals surface area contributed by atoms with E-state index < -0.39 is 5.97 Å². The molecule has 14 heavy (non-hydrogen) atoms. The lowest BCUT2D eigenvalue weighted by Gasteiger charge is -2.22. The predicted molar refractivity (Wildman–Crippen MR) is 54.1 cm³/mol. The maximum atomic E-state index is 11.0. The zero-order chi connectivity index (χ0) is 9.97. The number of allylic oxidation sites excluding steroid dienone is 1. The average molecular weight is 195 g/mol. The van der Waals surface area contributed by atoms with Crippen molar-refractivity contribution >= 4 is 5.97 Å². The summed E-state index contributed by atoms with van der Waals surface area (Å²) in [5, 5.41) is 12.3. The van der Waals surface area contributed by atoms with E-state index in [1.807, 2.05) is 0 Å². The van der Waals surface area contributed by atoms with Gasteiger partial charge in [0.25, 0.3) is 0 Å². The standard InChI is InChI=1S/C11H17NO2/c13-11(14)10(8-6-7-8)12-9-4-2-1-3-5-9/h2,4,8-10,12H,1,3,5-7H2,(H,13,14). The molecular formula is C11H17NO2. The summed E-state index contributed by atoms with van der Waals surface area (Å²) in [5.41, 5.74) is 0. The molecule has 0 aromatic rings. The molecule has 0 aliphatic heterocycles. The molecule has 3 nitrogen and oxygen atoms in total. The lowest BCUT2D eigenvalue weighted by atomic mass is 10.0.